The molecular formula is C54H47FN4O6Si. The first-order chi connectivity index (χ1) is 31.9. The van der Waals surface area contributed by atoms with Gasteiger partial charge in [-0.15, -0.1) is 0 Å². The number of carbonyl (C=O) groups excluding carboxylic acids is 4. The van der Waals surface area contributed by atoms with Crippen LogP contribution in [0.3, 0.4) is 0 Å². The molecule has 4 heterocycles. The van der Waals surface area contributed by atoms with Crippen LogP contribution in [0.4, 0.5) is 32.5 Å². The number of nitrogens with zero attached hydrogens (tertiary/aromatic N) is 4. The largest absolute Gasteiger partial charge is 0.395 e. The average molecular weight is 895 g/mol. The van der Waals surface area contributed by atoms with Gasteiger partial charge in [0.15, 0.2) is 5.60 Å². The summed E-state index contributed by atoms with van der Waals surface area (Å²) in [5, 5.41) is 13.7. The van der Waals surface area contributed by atoms with E-state index < -0.39 is 37.5 Å². The van der Waals surface area contributed by atoms with Gasteiger partial charge in [-0.2, -0.15) is 0 Å². The van der Waals surface area contributed by atoms with E-state index in [0.29, 0.717) is 33.8 Å². The van der Waals surface area contributed by atoms with Gasteiger partial charge in [-0.05, 0) is 89.6 Å². The van der Waals surface area contributed by atoms with Crippen molar-refractivity contribution < 1.29 is 33.1 Å². The summed E-state index contributed by atoms with van der Waals surface area (Å²) in [4.78, 5) is 64.9. The van der Waals surface area contributed by atoms with Crippen LogP contribution in [0.15, 0.2) is 146 Å². The van der Waals surface area contributed by atoms with E-state index in [-0.39, 0.29) is 50.4 Å². The van der Waals surface area contributed by atoms with Crippen molar-refractivity contribution in [3.05, 3.63) is 173 Å². The van der Waals surface area contributed by atoms with Gasteiger partial charge in [0.25, 0.3) is 17.7 Å². The Hall–Kier alpha value is -6.99. The lowest BCUT2D eigenvalue weighted by molar-refractivity contribution is -0.150. The van der Waals surface area contributed by atoms with Crippen molar-refractivity contribution in [3.8, 4) is 0 Å². The number of fused-ring (bicyclic) bond motifs is 2. The van der Waals surface area contributed by atoms with E-state index in [2.05, 4.69) is 0 Å². The molecule has 4 aliphatic rings. The molecule has 1 saturated heterocycles. The smallest absolute Gasteiger partial charge is 0.264 e. The monoisotopic (exact) mass is 894 g/mol. The summed E-state index contributed by atoms with van der Waals surface area (Å²) in [6.45, 7) is 5.20. The first-order valence-electron chi connectivity index (χ1n) is 22.5. The first-order valence-corrected chi connectivity index (χ1v) is 25.4. The zero-order valence-corrected chi connectivity index (χ0v) is 37.8. The summed E-state index contributed by atoms with van der Waals surface area (Å²) in [6, 6.07) is 45.6. The van der Waals surface area contributed by atoms with Crippen LogP contribution in [0.2, 0.25) is 18.6 Å². The van der Waals surface area contributed by atoms with Crippen molar-refractivity contribution in [1.29, 1.82) is 0 Å². The summed E-state index contributed by atoms with van der Waals surface area (Å²) in [6.07, 6.45) is -1.17. The van der Waals surface area contributed by atoms with Crippen LogP contribution >= 0.6 is 0 Å². The van der Waals surface area contributed by atoms with Crippen molar-refractivity contribution >= 4 is 82.0 Å². The van der Waals surface area contributed by atoms with Gasteiger partial charge < -0.3 is 23.8 Å². The second kappa shape index (κ2) is 15.6. The molecule has 12 heteroatoms. The quantitative estimate of drug-likeness (QED) is 0.102. The highest BCUT2D eigenvalue weighted by Gasteiger charge is 2.67. The molecule has 0 radical (unpaired) electrons. The van der Waals surface area contributed by atoms with Crippen molar-refractivity contribution in [1.82, 2.24) is 4.90 Å². The van der Waals surface area contributed by atoms with Gasteiger partial charge in [-0.3, -0.25) is 29.0 Å². The number of ether oxygens (including phenoxy) is 1. The molecule has 7 aromatic carbocycles. The van der Waals surface area contributed by atoms with Gasteiger partial charge in [0.1, 0.15) is 0 Å². The van der Waals surface area contributed by atoms with E-state index in [9.17, 15) is 19.5 Å². The average Bonchev–Trinajstić information content (AvgIpc) is 3.96. The van der Waals surface area contributed by atoms with Gasteiger partial charge in [0, 0.05) is 52.3 Å². The number of anilines is 5. The van der Waals surface area contributed by atoms with Crippen molar-refractivity contribution in [2.45, 2.75) is 56.8 Å². The number of amides is 4. The highest BCUT2D eigenvalue weighted by molar-refractivity contribution is 6.72. The SMILES string of the molecule is C[C@H]1[C@H]([Si](C)(C)F)[C@@H](CC(=O)N(CCO)Cc2ccccc2)O[C@]12C(=O)N(Cc1cccc(N3C(=O)c4cccc5cccc3c45)c1)c1ccc(N3C(=O)c4cccc5cccc3c45)cc12. The molecule has 1 N–H and O–H groups in total. The topological polar surface area (TPSA) is 111 Å². The number of rotatable bonds is 11. The highest BCUT2D eigenvalue weighted by Crippen LogP contribution is 2.61. The predicted molar refractivity (Wildman–Crippen MR) is 257 cm³/mol. The Kier molecular flexibility index (Phi) is 9.84. The maximum Gasteiger partial charge on any atom is 0.264 e. The lowest BCUT2D eigenvalue weighted by Gasteiger charge is -2.31. The van der Waals surface area contributed by atoms with Crippen molar-refractivity contribution in [2.75, 3.05) is 27.9 Å². The third-order valence-electron chi connectivity index (χ3n) is 14.1. The molecule has 7 aromatic rings. The number of halogens is 1. The molecule has 4 amide bonds. The number of hydrogen-bond donors (Lipinski definition) is 1. The van der Waals surface area contributed by atoms with Crippen molar-refractivity contribution in [3.63, 3.8) is 0 Å². The van der Waals surface area contributed by atoms with E-state index in [1.54, 1.807) is 32.7 Å². The first kappa shape index (κ1) is 41.7. The third kappa shape index (κ3) is 6.34. The fourth-order valence-electron chi connectivity index (χ4n) is 11.4. The molecule has 4 atom stereocenters. The van der Waals surface area contributed by atoms with Crippen LogP contribution in [0.25, 0.3) is 21.5 Å². The summed E-state index contributed by atoms with van der Waals surface area (Å²) in [5.41, 5.74) is 4.05. The highest BCUT2D eigenvalue weighted by atomic mass is 28.4. The van der Waals surface area contributed by atoms with E-state index in [4.69, 9.17) is 4.74 Å². The second-order valence-corrected chi connectivity index (χ2v) is 22.2. The molecule has 11 rings (SSSR count). The Labute approximate surface area is 382 Å². The molecule has 4 aliphatic heterocycles. The summed E-state index contributed by atoms with van der Waals surface area (Å²) in [7, 11) is -3.70. The van der Waals surface area contributed by atoms with Crippen LogP contribution in [0.5, 0.6) is 0 Å². The maximum atomic E-state index is 17.1. The number of benzene rings is 7. The van der Waals surface area contributed by atoms with E-state index in [1.165, 1.54) is 0 Å². The van der Waals surface area contributed by atoms with Crippen LogP contribution in [-0.2, 0) is 33.0 Å². The predicted octanol–water partition coefficient (Wildman–Crippen LogP) is 10.3. The van der Waals surface area contributed by atoms with Gasteiger partial charge in [0.2, 0.25) is 14.3 Å². The number of hydrogen-bond acceptors (Lipinski definition) is 6. The Morgan fingerprint density at radius 1 is 0.712 bits per heavy atom. The molecule has 0 bridgehead atoms. The lowest BCUT2D eigenvalue weighted by Crippen LogP contribution is -2.45. The second-order valence-electron chi connectivity index (χ2n) is 18.4. The fraction of sp³-hybridized carbons (Fsp3) is 0.222. The Morgan fingerprint density at radius 2 is 1.29 bits per heavy atom. The Balaban J connectivity index is 1.00. The lowest BCUT2D eigenvalue weighted by atomic mass is 9.82. The molecule has 0 unspecified atom stereocenters. The summed E-state index contributed by atoms with van der Waals surface area (Å²) in [5.74, 6) is -1.78. The molecule has 1 spiro atoms. The number of carbonyl (C=O) groups is 4. The minimum absolute atomic E-state index is 0.0729. The molecule has 0 aromatic heterocycles. The molecule has 330 valence electrons. The molecule has 66 heavy (non-hydrogen) atoms. The van der Waals surface area contributed by atoms with Gasteiger partial charge in [-0.1, -0.05) is 97.9 Å². The molecule has 0 aliphatic carbocycles. The van der Waals surface area contributed by atoms with Gasteiger partial charge >= 0.3 is 0 Å². The molecule has 10 nitrogen and oxygen atoms in total. The maximum absolute atomic E-state index is 17.1. The standard InChI is InChI=1S/C54H47FN4O6Si/c1-33-50(66(2,3)55)46(30-47(61)56(26-27-60)31-34-12-5-4-6-13-34)65-54(33)42-29-39(59-45-23-11-18-37-16-9-21-41(49(37)45)52(59)63)24-25-43(42)57(53(54)64)32-35-14-7-19-38(28-35)58-44-22-10-17-36-15-8-20-40(48(36)44)51(58)62/h4-25,28-29,33,46,50,60H,26-27,30-32H2,1-3H3/t33-,46+,50-,54+/m0/s1. The zero-order valence-electron chi connectivity index (χ0n) is 36.8. The van der Waals surface area contributed by atoms with E-state index in [0.717, 1.165) is 44.0 Å². The van der Waals surface area contributed by atoms with Crippen molar-refractivity contribution in [2.24, 2.45) is 5.92 Å². The van der Waals surface area contributed by atoms with Crippen LogP contribution in [0.1, 0.15) is 50.8 Å². The molecule has 1 fully saturated rings. The van der Waals surface area contributed by atoms with Crippen LogP contribution in [-0.4, -0.2) is 61.3 Å². The fourth-order valence-corrected chi connectivity index (χ4v) is 13.9. The Morgan fingerprint density at radius 3 is 1.89 bits per heavy atom. The van der Waals surface area contributed by atoms with E-state index >= 15 is 8.90 Å². The molecule has 0 saturated carbocycles. The number of aliphatic hydroxyl groups is 1. The normalized spacial score (nSPS) is 20.7. The summed E-state index contributed by atoms with van der Waals surface area (Å²) < 4.78 is 24.2. The van der Waals surface area contributed by atoms with Gasteiger partial charge in [0.05, 0.1) is 53.9 Å². The summed E-state index contributed by atoms with van der Waals surface area (Å²) >= 11 is 0. The van der Waals surface area contributed by atoms with Crippen LogP contribution < -0.4 is 14.7 Å². The van der Waals surface area contributed by atoms with Crippen LogP contribution in [0, 0.1) is 5.92 Å². The zero-order chi connectivity index (χ0) is 45.6. The third-order valence-corrected chi connectivity index (χ3v) is 16.6. The minimum atomic E-state index is -3.70. The van der Waals surface area contributed by atoms with Gasteiger partial charge in [-0.25, -0.2) is 0 Å². The minimum Gasteiger partial charge on any atom is -0.395 e. The van der Waals surface area contributed by atoms with E-state index in [1.807, 2.05) is 153 Å². The Bertz CT molecular complexity index is 3160. The number of aliphatic hydroxyl groups excluding tert-OH is 1. The molecular weight excluding hydrogens is 848 g/mol.